The number of amides is 1. The minimum absolute atomic E-state index is 0.0284. The molecule has 1 saturated heterocycles. The van der Waals surface area contributed by atoms with Crippen LogP contribution in [0, 0.1) is 25.2 Å². The van der Waals surface area contributed by atoms with Crippen molar-refractivity contribution in [2.45, 2.75) is 39.2 Å². The predicted octanol–water partition coefficient (Wildman–Crippen LogP) is 2.28. The maximum absolute atomic E-state index is 12.3. The van der Waals surface area contributed by atoms with Gasteiger partial charge in [0.15, 0.2) is 0 Å². The van der Waals surface area contributed by atoms with Crippen molar-refractivity contribution in [1.29, 1.82) is 5.26 Å². The van der Waals surface area contributed by atoms with Gasteiger partial charge in [0.25, 0.3) is 5.91 Å². The van der Waals surface area contributed by atoms with Gasteiger partial charge in [0.05, 0.1) is 16.8 Å². The molecule has 17 heavy (non-hydrogen) atoms. The number of thiazole rings is 1. The molecular formula is C12H15N3OS. The standard InChI is InChI=1S/C12H15N3OS/c1-8-11(17-9(2)14-8)12(16)15-6-4-3-5-10(15)7-13/h10H,3-6H2,1-2H3. The van der Waals surface area contributed by atoms with Gasteiger partial charge in [-0.25, -0.2) is 4.98 Å². The van der Waals surface area contributed by atoms with Crippen LogP contribution >= 0.6 is 11.3 Å². The number of nitriles is 1. The van der Waals surface area contributed by atoms with Crippen molar-refractivity contribution < 1.29 is 4.79 Å². The molecule has 0 N–H and O–H groups in total. The molecule has 1 unspecified atom stereocenters. The zero-order valence-corrected chi connectivity index (χ0v) is 10.9. The van der Waals surface area contributed by atoms with Crippen LogP contribution in [0.1, 0.15) is 39.6 Å². The lowest BCUT2D eigenvalue weighted by atomic mass is 10.0. The van der Waals surface area contributed by atoms with Gasteiger partial charge in [-0.05, 0) is 33.1 Å². The summed E-state index contributed by atoms with van der Waals surface area (Å²) in [5.41, 5.74) is 0.778. The van der Waals surface area contributed by atoms with Crippen LogP contribution in [0.3, 0.4) is 0 Å². The SMILES string of the molecule is Cc1nc(C)c(C(=O)N2CCCCC2C#N)s1. The molecule has 0 aliphatic carbocycles. The molecule has 1 aromatic rings. The van der Waals surface area contributed by atoms with Crippen molar-refractivity contribution >= 4 is 17.2 Å². The van der Waals surface area contributed by atoms with Crippen LogP contribution in [0.15, 0.2) is 0 Å². The second-order valence-corrected chi connectivity index (χ2v) is 5.49. The number of carbonyl (C=O) groups excluding carboxylic acids is 1. The second-order valence-electron chi connectivity index (χ2n) is 4.29. The van der Waals surface area contributed by atoms with Crippen LogP contribution in [0.4, 0.5) is 0 Å². The van der Waals surface area contributed by atoms with Crippen molar-refractivity contribution in [1.82, 2.24) is 9.88 Å². The normalized spacial score (nSPS) is 20.1. The molecule has 90 valence electrons. The number of rotatable bonds is 1. The molecule has 2 heterocycles. The van der Waals surface area contributed by atoms with Gasteiger partial charge in [-0.15, -0.1) is 11.3 Å². The Morgan fingerprint density at radius 2 is 2.29 bits per heavy atom. The van der Waals surface area contributed by atoms with E-state index in [-0.39, 0.29) is 11.9 Å². The highest BCUT2D eigenvalue weighted by molar-refractivity contribution is 7.13. The van der Waals surface area contributed by atoms with Crippen molar-refractivity contribution in [3.05, 3.63) is 15.6 Å². The molecule has 0 bridgehead atoms. The van der Waals surface area contributed by atoms with E-state index in [0.717, 1.165) is 30.0 Å². The lowest BCUT2D eigenvalue weighted by Gasteiger charge is -2.31. The summed E-state index contributed by atoms with van der Waals surface area (Å²) in [6.07, 6.45) is 2.81. The molecule has 0 radical (unpaired) electrons. The topological polar surface area (TPSA) is 57.0 Å². The fourth-order valence-electron chi connectivity index (χ4n) is 2.17. The highest BCUT2D eigenvalue weighted by atomic mass is 32.1. The van der Waals surface area contributed by atoms with E-state index in [1.165, 1.54) is 11.3 Å². The Morgan fingerprint density at radius 3 is 2.88 bits per heavy atom. The van der Waals surface area contributed by atoms with Crippen molar-refractivity contribution in [2.75, 3.05) is 6.54 Å². The average Bonchev–Trinajstić information content (AvgIpc) is 2.67. The molecular weight excluding hydrogens is 234 g/mol. The first-order valence-corrected chi connectivity index (χ1v) is 6.59. The number of hydrogen-bond donors (Lipinski definition) is 0. The van der Waals surface area contributed by atoms with E-state index >= 15 is 0 Å². The highest BCUT2D eigenvalue weighted by Gasteiger charge is 2.29. The third-order valence-corrected chi connectivity index (χ3v) is 4.07. The molecule has 2 rings (SSSR count). The van der Waals surface area contributed by atoms with E-state index < -0.39 is 0 Å². The summed E-state index contributed by atoms with van der Waals surface area (Å²) >= 11 is 1.42. The van der Waals surface area contributed by atoms with Crippen LogP contribution in [-0.4, -0.2) is 28.4 Å². The van der Waals surface area contributed by atoms with Gasteiger partial charge < -0.3 is 4.90 Å². The molecule has 1 amide bonds. The fourth-order valence-corrected chi connectivity index (χ4v) is 3.04. The zero-order chi connectivity index (χ0) is 12.4. The van der Waals surface area contributed by atoms with E-state index in [2.05, 4.69) is 11.1 Å². The smallest absolute Gasteiger partial charge is 0.266 e. The number of carbonyl (C=O) groups is 1. The first kappa shape index (κ1) is 12.1. The van der Waals surface area contributed by atoms with Gasteiger partial charge in [-0.1, -0.05) is 0 Å². The molecule has 5 heteroatoms. The Balaban J connectivity index is 2.24. The van der Waals surface area contributed by atoms with Crippen molar-refractivity contribution in [3.63, 3.8) is 0 Å². The summed E-state index contributed by atoms with van der Waals surface area (Å²) in [7, 11) is 0. The van der Waals surface area contributed by atoms with E-state index in [1.54, 1.807) is 4.90 Å². The lowest BCUT2D eigenvalue weighted by molar-refractivity contribution is 0.0674. The predicted molar refractivity (Wildman–Crippen MR) is 65.9 cm³/mol. The molecule has 1 atom stereocenters. The molecule has 0 aromatic carbocycles. The Morgan fingerprint density at radius 1 is 1.53 bits per heavy atom. The number of aromatic nitrogens is 1. The van der Waals surface area contributed by atoms with Crippen LogP contribution in [0.2, 0.25) is 0 Å². The van der Waals surface area contributed by atoms with Gasteiger partial charge in [-0.2, -0.15) is 5.26 Å². The van der Waals surface area contributed by atoms with Gasteiger partial charge in [0.2, 0.25) is 0 Å². The Bertz CT molecular complexity index is 475. The summed E-state index contributed by atoms with van der Waals surface area (Å²) in [5, 5.41) is 9.98. The number of hydrogen-bond acceptors (Lipinski definition) is 4. The first-order chi connectivity index (χ1) is 8.13. The van der Waals surface area contributed by atoms with Crippen LogP contribution < -0.4 is 0 Å². The van der Waals surface area contributed by atoms with Crippen LogP contribution in [0.5, 0.6) is 0 Å². The van der Waals surface area contributed by atoms with Crippen LogP contribution in [0.25, 0.3) is 0 Å². The maximum atomic E-state index is 12.3. The molecule has 0 saturated carbocycles. The Kier molecular flexibility index (Phi) is 3.43. The van der Waals surface area contributed by atoms with E-state index in [0.29, 0.717) is 11.4 Å². The highest BCUT2D eigenvalue weighted by Crippen LogP contribution is 2.24. The Hall–Kier alpha value is -1.41. The average molecular weight is 249 g/mol. The van der Waals surface area contributed by atoms with Crippen molar-refractivity contribution in [3.8, 4) is 6.07 Å². The van der Waals surface area contributed by atoms with E-state index in [1.807, 2.05) is 13.8 Å². The third kappa shape index (κ3) is 2.32. The second kappa shape index (κ2) is 4.84. The van der Waals surface area contributed by atoms with Gasteiger partial charge >= 0.3 is 0 Å². The monoisotopic (exact) mass is 249 g/mol. The molecule has 1 aliphatic heterocycles. The maximum Gasteiger partial charge on any atom is 0.266 e. The summed E-state index contributed by atoms with van der Waals surface area (Å²) in [5.74, 6) is -0.0284. The summed E-state index contributed by atoms with van der Waals surface area (Å²) in [6.45, 7) is 4.43. The minimum Gasteiger partial charge on any atom is -0.322 e. The number of nitrogens with zero attached hydrogens (tertiary/aromatic N) is 3. The van der Waals surface area contributed by atoms with Gasteiger partial charge in [-0.3, -0.25) is 4.79 Å². The summed E-state index contributed by atoms with van der Waals surface area (Å²) < 4.78 is 0. The third-order valence-electron chi connectivity index (χ3n) is 3.01. The molecule has 0 spiro atoms. The lowest BCUT2D eigenvalue weighted by Crippen LogP contribution is -2.42. The minimum atomic E-state index is -0.266. The molecule has 1 aromatic heterocycles. The summed E-state index contributed by atoms with van der Waals surface area (Å²) in [6, 6.07) is 1.95. The largest absolute Gasteiger partial charge is 0.322 e. The Labute approximate surface area is 105 Å². The quantitative estimate of drug-likeness (QED) is 0.767. The number of piperidine rings is 1. The fraction of sp³-hybridized carbons (Fsp3) is 0.583. The molecule has 1 aliphatic rings. The van der Waals surface area contributed by atoms with Gasteiger partial charge in [0.1, 0.15) is 10.9 Å². The van der Waals surface area contributed by atoms with Crippen molar-refractivity contribution in [2.24, 2.45) is 0 Å². The molecule has 1 fully saturated rings. The first-order valence-electron chi connectivity index (χ1n) is 5.78. The summed E-state index contributed by atoms with van der Waals surface area (Å²) in [4.78, 5) is 19.0. The van der Waals surface area contributed by atoms with Crippen LogP contribution in [-0.2, 0) is 0 Å². The zero-order valence-electron chi connectivity index (χ0n) is 10.1. The van der Waals surface area contributed by atoms with E-state index in [4.69, 9.17) is 5.26 Å². The number of aryl methyl sites for hydroxylation is 2. The molecule has 4 nitrogen and oxygen atoms in total. The van der Waals surface area contributed by atoms with Gasteiger partial charge in [0, 0.05) is 6.54 Å². The number of likely N-dealkylation sites (tertiary alicyclic amines) is 1. The van der Waals surface area contributed by atoms with E-state index in [9.17, 15) is 4.79 Å².